The van der Waals surface area contributed by atoms with E-state index in [0.29, 0.717) is 18.2 Å². The molecule has 2 aromatic rings. The summed E-state index contributed by atoms with van der Waals surface area (Å²) in [5.74, 6) is -3.43. The summed E-state index contributed by atoms with van der Waals surface area (Å²) >= 11 is 0. The van der Waals surface area contributed by atoms with Crippen molar-refractivity contribution in [3.63, 3.8) is 0 Å². The van der Waals surface area contributed by atoms with Crippen LogP contribution >= 0.6 is 0 Å². The number of pyridine rings is 1. The molecule has 0 bridgehead atoms. The fourth-order valence-corrected chi connectivity index (χ4v) is 2.60. The van der Waals surface area contributed by atoms with Gasteiger partial charge in [-0.1, -0.05) is 0 Å². The van der Waals surface area contributed by atoms with Crippen molar-refractivity contribution in [1.29, 1.82) is 0 Å². The fraction of sp³-hybridized carbons (Fsp3) is 0. The van der Waals surface area contributed by atoms with E-state index in [-0.39, 0.29) is 11.4 Å². The zero-order valence-corrected chi connectivity index (χ0v) is 11.1. The molecule has 1 aromatic heterocycles. The summed E-state index contributed by atoms with van der Waals surface area (Å²) in [4.78, 5) is 13.6. The second kappa shape index (κ2) is 5.44. The maximum Gasteiger partial charge on any atom is 0.354 e. The van der Waals surface area contributed by atoms with E-state index in [1.807, 2.05) is 4.72 Å². The average Bonchev–Trinajstić information content (AvgIpc) is 2.37. The van der Waals surface area contributed by atoms with Gasteiger partial charge in [-0.2, -0.15) is 0 Å². The highest BCUT2D eigenvalue weighted by atomic mass is 32.2. The fourth-order valence-electron chi connectivity index (χ4n) is 1.51. The minimum absolute atomic E-state index is 0.0907. The van der Waals surface area contributed by atoms with Crippen LogP contribution in [0.15, 0.2) is 41.4 Å². The van der Waals surface area contributed by atoms with Gasteiger partial charge in [0.1, 0.15) is 17.3 Å². The molecule has 0 spiro atoms. The summed E-state index contributed by atoms with van der Waals surface area (Å²) in [6.07, 6.45) is 1.09. The second-order valence-electron chi connectivity index (χ2n) is 3.95. The van der Waals surface area contributed by atoms with Crippen molar-refractivity contribution in [1.82, 2.24) is 4.98 Å². The number of nitrogens with zero attached hydrogens (tertiary/aromatic N) is 1. The first kappa shape index (κ1) is 14.9. The Labute approximate surface area is 118 Å². The van der Waals surface area contributed by atoms with Crippen LogP contribution < -0.4 is 4.72 Å². The predicted molar refractivity (Wildman–Crippen MR) is 68.4 cm³/mol. The standard InChI is InChI=1S/C12H8F2N2O4S/c13-7-3-8(14)5-10(4-7)21(19,20)16-9-1-2-15-11(6-9)12(17)18/h1-6H,(H,15,16)(H,17,18). The maximum atomic E-state index is 13.0. The van der Waals surface area contributed by atoms with Gasteiger partial charge in [-0.25, -0.2) is 27.0 Å². The van der Waals surface area contributed by atoms with Crippen LogP contribution in [0.4, 0.5) is 14.5 Å². The molecule has 0 aliphatic carbocycles. The van der Waals surface area contributed by atoms with Crippen LogP contribution in [0.3, 0.4) is 0 Å². The Kier molecular flexibility index (Phi) is 3.85. The van der Waals surface area contributed by atoms with Crippen molar-refractivity contribution in [2.24, 2.45) is 0 Å². The third-order valence-electron chi connectivity index (χ3n) is 2.38. The Hall–Kier alpha value is -2.55. The highest BCUT2D eigenvalue weighted by Crippen LogP contribution is 2.18. The third-order valence-corrected chi connectivity index (χ3v) is 3.74. The monoisotopic (exact) mass is 314 g/mol. The molecule has 6 nitrogen and oxygen atoms in total. The number of aromatic carboxylic acids is 1. The molecule has 21 heavy (non-hydrogen) atoms. The molecule has 0 fully saturated rings. The van der Waals surface area contributed by atoms with Crippen molar-refractivity contribution in [3.8, 4) is 0 Å². The van der Waals surface area contributed by atoms with Crippen LogP contribution in [0.25, 0.3) is 0 Å². The number of sulfonamides is 1. The molecule has 0 saturated heterocycles. The second-order valence-corrected chi connectivity index (χ2v) is 5.63. The Morgan fingerprint density at radius 2 is 1.76 bits per heavy atom. The van der Waals surface area contributed by atoms with E-state index in [1.165, 1.54) is 6.07 Å². The van der Waals surface area contributed by atoms with Gasteiger partial charge >= 0.3 is 5.97 Å². The van der Waals surface area contributed by atoms with Crippen molar-refractivity contribution in [2.45, 2.75) is 4.90 Å². The number of carboxylic acid groups (broad SMARTS) is 1. The van der Waals surface area contributed by atoms with E-state index >= 15 is 0 Å². The van der Waals surface area contributed by atoms with Gasteiger partial charge < -0.3 is 5.11 Å². The first-order valence-corrected chi connectivity index (χ1v) is 6.94. The number of aromatic nitrogens is 1. The number of nitrogens with one attached hydrogen (secondary N) is 1. The summed E-state index contributed by atoms with van der Waals surface area (Å²) < 4.78 is 52.1. The molecule has 2 N–H and O–H groups in total. The number of rotatable bonds is 4. The van der Waals surface area contributed by atoms with Crippen LogP contribution in [0.5, 0.6) is 0 Å². The Morgan fingerprint density at radius 1 is 1.14 bits per heavy atom. The minimum atomic E-state index is -4.25. The average molecular weight is 314 g/mol. The van der Waals surface area contributed by atoms with Gasteiger partial charge in [-0.15, -0.1) is 0 Å². The van der Waals surface area contributed by atoms with Crippen LogP contribution in [0, 0.1) is 11.6 Å². The molecule has 0 atom stereocenters. The summed E-state index contributed by atoms with van der Waals surface area (Å²) in [7, 11) is -4.25. The minimum Gasteiger partial charge on any atom is -0.477 e. The smallest absolute Gasteiger partial charge is 0.354 e. The van der Waals surface area contributed by atoms with Crippen LogP contribution in [0.2, 0.25) is 0 Å². The van der Waals surface area contributed by atoms with Gasteiger partial charge in [0.2, 0.25) is 0 Å². The summed E-state index contributed by atoms with van der Waals surface area (Å²) in [6, 6.07) is 4.01. The number of benzene rings is 1. The van der Waals surface area contributed by atoms with Crippen molar-refractivity contribution >= 4 is 21.7 Å². The lowest BCUT2D eigenvalue weighted by Gasteiger charge is -2.08. The van der Waals surface area contributed by atoms with Gasteiger partial charge in [-0.05, 0) is 24.3 Å². The largest absolute Gasteiger partial charge is 0.477 e. The zero-order chi connectivity index (χ0) is 15.6. The summed E-state index contributed by atoms with van der Waals surface area (Å²) in [6.45, 7) is 0. The number of carbonyl (C=O) groups is 1. The molecule has 0 saturated carbocycles. The zero-order valence-electron chi connectivity index (χ0n) is 10.2. The van der Waals surface area contributed by atoms with Crippen molar-refractivity contribution < 1.29 is 27.1 Å². The van der Waals surface area contributed by atoms with Gasteiger partial charge in [-0.3, -0.25) is 4.72 Å². The summed E-state index contributed by atoms with van der Waals surface area (Å²) in [5.41, 5.74) is -0.465. The molecule has 2 rings (SSSR count). The van der Waals surface area contributed by atoms with Crippen molar-refractivity contribution in [3.05, 3.63) is 53.9 Å². The van der Waals surface area contributed by atoms with E-state index in [2.05, 4.69) is 4.98 Å². The van der Waals surface area contributed by atoms with E-state index < -0.39 is 32.5 Å². The van der Waals surface area contributed by atoms with Crippen LogP contribution in [-0.2, 0) is 10.0 Å². The third kappa shape index (κ3) is 3.51. The highest BCUT2D eigenvalue weighted by Gasteiger charge is 2.17. The van der Waals surface area contributed by atoms with Crippen LogP contribution in [-0.4, -0.2) is 24.5 Å². The van der Waals surface area contributed by atoms with Crippen LogP contribution in [0.1, 0.15) is 10.5 Å². The molecule has 1 aromatic carbocycles. The van der Waals surface area contributed by atoms with Gasteiger partial charge in [0.15, 0.2) is 0 Å². The van der Waals surface area contributed by atoms with E-state index in [4.69, 9.17) is 5.11 Å². The van der Waals surface area contributed by atoms with Gasteiger partial charge in [0.25, 0.3) is 10.0 Å². The first-order chi connectivity index (χ1) is 9.78. The number of carboxylic acids is 1. The quantitative estimate of drug-likeness (QED) is 0.898. The molecule has 0 radical (unpaired) electrons. The number of anilines is 1. The predicted octanol–water partition coefficient (Wildman–Crippen LogP) is 1.86. The highest BCUT2D eigenvalue weighted by molar-refractivity contribution is 7.92. The summed E-state index contributed by atoms with van der Waals surface area (Å²) in [5, 5.41) is 8.76. The number of hydrogen-bond acceptors (Lipinski definition) is 4. The molecular weight excluding hydrogens is 306 g/mol. The maximum absolute atomic E-state index is 13.0. The lowest BCUT2D eigenvalue weighted by molar-refractivity contribution is 0.0690. The lowest BCUT2D eigenvalue weighted by Crippen LogP contribution is -2.14. The molecule has 0 unspecified atom stereocenters. The van der Waals surface area contributed by atoms with E-state index in [1.54, 1.807) is 0 Å². The number of hydrogen-bond donors (Lipinski definition) is 2. The first-order valence-electron chi connectivity index (χ1n) is 5.46. The Bertz CT molecular complexity index is 788. The molecule has 0 aliphatic heterocycles. The van der Waals surface area contributed by atoms with E-state index in [9.17, 15) is 22.0 Å². The molecular formula is C12H8F2N2O4S. The van der Waals surface area contributed by atoms with E-state index in [0.717, 1.165) is 12.3 Å². The SMILES string of the molecule is O=C(O)c1cc(NS(=O)(=O)c2cc(F)cc(F)c2)ccn1. The Morgan fingerprint density at radius 3 is 2.33 bits per heavy atom. The molecule has 0 aliphatic rings. The molecule has 1 heterocycles. The molecule has 9 heteroatoms. The topological polar surface area (TPSA) is 96.4 Å². The van der Waals surface area contributed by atoms with Gasteiger partial charge in [0.05, 0.1) is 10.6 Å². The number of halogens is 2. The van der Waals surface area contributed by atoms with Gasteiger partial charge in [0, 0.05) is 12.3 Å². The molecule has 110 valence electrons. The normalized spacial score (nSPS) is 11.1. The molecule has 0 amide bonds. The van der Waals surface area contributed by atoms with Crippen molar-refractivity contribution in [2.75, 3.05) is 4.72 Å². The Balaban J connectivity index is 2.37. The lowest BCUT2D eigenvalue weighted by atomic mass is 10.3.